The second-order valence-corrected chi connectivity index (χ2v) is 4.84. The zero-order chi connectivity index (χ0) is 14.4. The molecule has 1 fully saturated rings. The van der Waals surface area contributed by atoms with Gasteiger partial charge in [0, 0.05) is 18.7 Å². The van der Waals surface area contributed by atoms with Crippen LogP contribution in [0.15, 0.2) is 18.2 Å². The highest BCUT2D eigenvalue weighted by atomic mass is 35.5. The molecule has 1 unspecified atom stereocenters. The van der Waals surface area contributed by atoms with Gasteiger partial charge >= 0.3 is 0 Å². The Morgan fingerprint density at radius 3 is 3.00 bits per heavy atom. The number of carbonyl (C=O) groups is 1. The molecule has 21 heavy (non-hydrogen) atoms. The van der Waals surface area contributed by atoms with Crippen LogP contribution in [0.4, 0.5) is 0 Å². The van der Waals surface area contributed by atoms with E-state index in [1.54, 1.807) is 0 Å². The molecule has 0 aromatic heterocycles. The summed E-state index contributed by atoms with van der Waals surface area (Å²) < 4.78 is 10.9. The highest BCUT2D eigenvalue weighted by molar-refractivity contribution is 5.85. The maximum Gasteiger partial charge on any atom is 0.239 e. The number of hydrogen-bond acceptors (Lipinski definition) is 4. The van der Waals surface area contributed by atoms with Crippen LogP contribution in [0.2, 0.25) is 0 Å². The minimum atomic E-state index is -0.259. The quantitative estimate of drug-likeness (QED) is 0.863. The third kappa shape index (κ3) is 5.19. The number of carbonyl (C=O) groups excluding carboxylic acids is 1. The molecule has 2 rings (SSSR count). The van der Waals surface area contributed by atoms with Gasteiger partial charge in [-0.05, 0) is 25.5 Å². The Hall–Kier alpha value is -1.30. The van der Waals surface area contributed by atoms with Gasteiger partial charge in [-0.2, -0.15) is 0 Å². The number of amides is 1. The summed E-state index contributed by atoms with van der Waals surface area (Å²) in [6.45, 7) is 6.86. The highest BCUT2D eigenvalue weighted by Crippen LogP contribution is 2.20. The molecule has 1 aromatic rings. The van der Waals surface area contributed by atoms with Crippen LogP contribution in [0.25, 0.3) is 0 Å². The van der Waals surface area contributed by atoms with Crippen molar-refractivity contribution in [3.63, 3.8) is 0 Å². The lowest BCUT2D eigenvalue weighted by Gasteiger charge is -2.23. The smallest absolute Gasteiger partial charge is 0.239 e. The molecule has 1 aromatic carbocycles. The van der Waals surface area contributed by atoms with Crippen LogP contribution < -0.4 is 15.4 Å². The van der Waals surface area contributed by atoms with Crippen LogP contribution in [-0.2, 0) is 16.1 Å². The molecule has 0 spiro atoms. The molecule has 0 saturated carbocycles. The van der Waals surface area contributed by atoms with Gasteiger partial charge in [-0.25, -0.2) is 0 Å². The summed E-state index contributed by atoms with van der Waals surface area (Å²) in [5.41, 5.74) is 2.13. The molecule has 0 radical (unpaired) electrons. The minimum absolute atomic E-state index is 0. The first kappa shape index (κ1) is 17.8. The van der Waals surface area contributed by atoms with Gasteiger partial charge in [0.1, 0.15) is 11.8 Å². The first-order valence-corrected chi connectivity index (χ1v) is 7.02. The van der Waals surface area contributed by atoms with Crippen LogP contribution >= 0.6 is 12.4 Å². The zero-order valence-corrected chi connectivity index (χ0v) is 13.3. The largest absolute Gasteiger partial charge is 0.494 e. The van der Waals surface area contributed by atoms with E-state index in [1.165, 1.54) is 0 Å². The van der Waals surface area contributed by atoms with Crippen molar-refractivity contribution in [1.82, 2.24) is 10.6 Å². The predicted molar refractivity (Wildman–Crippen MR) is 84.1 cm³/mol. The highest BCUT2D eigenvalue weighted by Gasteiger charge is 2.20. The van der Waals surface area contributed by atoms with Crippen LogP contribution in [0.5, 0.6) is 5.75 Å². The van der Waals surface area contributed by atoms with E-state index in [9.17, 15) is 4.79 Å². The number of morpholine rings is 1. The summed E-state index contributed by atoms with van der Waals surface area (Å²) in [6, 6.07) is 5.74. The van der Waals surface area contributed by atoms with Crippen molar-refractivity contribution in [3.05, 3.63) is 29.3 Å². The number of hydrogen-bond donors (Lipinski definition) is 2. The van der Waals surface area contributed by atoms with Crippen molar-refractivity contribution in [2.45, 2.75) is 26.4 Å². The molecule has 1 aliphatic heterocycles. The van der Waals surface area contributed by atoms with Gasteiger partial charge in [-0.1, -0.05) is 12.1 Å². The molecule has 2 N–H and O–H groups in total. The Kier molecular flexibility index (Phi) is 7.50. The topological polar surface area (TPSA) is 59.6 Å². The fraction of sp³-hybridized carbons (Fsp3) is 0.533. The summed E-state index contributed by atoms with van der Waals surface area (Å²) in [7, 11) is 0. The van der Waals surface area contributed by atoms with E-state index in [0.717, 1.165) is 16.9 Å². The van der Waals surface area contributed by atoms with Crippen molar-refractivity contribution in [2.24, 2.45) is 0 Å². The number of benzene rings is 1. The van der Waals surface area contributed by atoms with E-state index in [1.807, 2.05) is 32.0 Å². The Morgan fingerprint density at radius 1 is 1.52 bits per heavy atom. The van der Waals surface area contributed by atoms with Crippen molar-refractivity contribution in [3.8, 4) is 5.75 Å². The first-order chi connectivity index (χ1) is 9.70. The number of halogens is 1. The Balaban J connectivity index is 0.00000220. The summed E-state index contributed by atoms with van der Waals surface area (Å²) >= 11 is 0. The number of aryl methyl sites for hydroxylation is 1. The van der Waals surface area contributed by atoms with Crippen molar-refractivity contribution >= 4 is 18.3 Å². The number of ether oxygens (including phenoxy) is 2. The lowest BCUT2D eigenvalue weighted by Crippen LogP contribution is -2.51. The van der Waals surface area contributed by atoms with Gasteiger partial charge in [0.25, 0.3) is 0 Å². The SMILES string of the molecule is CCOc1cc(C)ccc1CNC(=O)C1COCCN1.Cl. The Bertz CT molecular complexity index is 462. The molecule has 1 saturated heterocycles. The molecule has 1 atom stereocenters. The average Bonchev–Trinajstić information content (AvgIpc) is 2.47. The van der Waals surface area contributed by atoms with Gasteiger partial charge in [0.15, 0.2) is 0 Å². The lowest BCUT2D eigenvalue weighted by molar-refractivity contribution is -0.126. The van der Waals surface area contributed by atoms with E-state index in [-0.39, 0.29) is 24.4 Å². The average molecular weight is 315 g/mol. The molecule has 0 bridgehead atoms. The number of nitrogens with one attached hydrogen (secondary N) is 2. The maximum atomic E-state index is 12.0. The van der Waals surface area contributed by atoms with E-state index in [2.05, 4.69) is 10.6 Å². The normalized spacial score (nSPS) is 17.7. The Morgan fingerprint density at radius 2 is 2.33 bits per heavy atom. The third-order valence-corrected chi connectivity index (χ3v) is 3.21. The van der Waals surface area contributed by atoms with E-state index >= 15 is 0 Å². The third-order valence-electron chi connectivity index (χ3n) is 3.21. The van der Waals surface area contributed by atoms with Crippen LogP contribution in [0, 0.1) is 6.92 Å². The second-order valence-electron chi connectivity index (χ2n) is 4.84. The molecule has 5 nitrogen and oxygen atoms in total. The first-order valence-electron chi connectivity index (χ1n) is 7.02. The van der Waals surface area contributed by atoms with Gasteiger partial charge in [0.05, 0.1) is 19.8 Å². The summed E-state index contributed by atoms with van der Waals surface area (Å²) in [5.74, 6) is 0.799. The van der Waals surface area contributed by atoms with Crippen molar-refractivity contribution in [1.29, 1.82) is 0 Å². The Labute approximate surface area is 131 Å². The van der Waals surface area contributed by atoms with Crippen LogP contribution in [-0.4, -0.2) is 38.3 Å². The van der Waals surface area contributed by atoms with E-state index in [4.69, 9.17) is 9.47 Å². The molecule has 0 aliphatic carbocycles. The molecular weight excluding hydrogens is 292 g/mol. The lowest BCUT2D eigenvalue weighted by atomic mass is 10.1. The van der Waals surface area contributed by atoms with Crippen molar-refractivity contribution < 1.29 is 14.3 Å². The standard InChI is InChI=1S/C15H22N2O3.ClH/c1-3-20-14-8-11(2)4-5-12(14)9-17-15(18)13-10-19-7-6-16-13;/h4-5,8,13,16H,3,6-7,9-10H2,1-2H3,(H,17,18);1H. The van der Waals surface area contributed by atoms with E-state index < -0.39 is 0 Å². The predicted octanol–water partition coefficient (Wildman–Crippen LogP) is 1.42. The molecule has 118 valence electrons. The molecule has 1 amide bonds. The van der Waals surface area contributed by atoms with Gasteiger partial charge in [-0.3, -0.25) is 4.79 Å². The molecule has 6 heteroatoms. The number of rotatable bonds is 5. The van der Waals surface area contributed by atoms with E-state index in [0.29, 0.717) is 32.9 Å². The van der Waals surface area contributed by atoms with Gasteiger partial charge < -0.3 is 20.1 Å². The minimum Gasteiger partial charge on any atom is -0.494 e. The molecular formula is C15H23ClN2O3. The van der Waals surface area contributed by atoms with Crippen molar-refractivity contribution in [2.75, 3.05) is 26.4 Å². The molecule has 1 heterocycles. The monoisotopic (exact) mass is 314 g/mol. The van der Waals surface area contributed by atoms with Gasteiger partial charge in [-0.15, -0.1) is 12.4 Å². The van der Waals surface area contributed by atoms with Crippen LogP contribution in [0.1, 0.15) is 18.1 Å². The fourth-order valence-electron chi connectivity index (χ4n) is 2.14. The van der Waals surface area contributed by atoms with Gasteiger partial charge in [0.2, 0.25) is 5.91 Å². The fourth-order valence-corrected chi connectivity index (χ4v) is 2.14. The second kappa shape index (κ2) is 8.87. The van der Waals surface area contributed by atoms with Crippen LogP contribution in [0.3, 0.4) is 0 Å². The summed E-state index contributed by atoms with van der Waals surface area (Å²) in [4.78, 5) is 12.0. The summed E-state index contributed by atoms with van der Waals surface area (Å²) in [5, 5.41) is 6.06. The maximum absolute atomic E-state index is 12.0. The summed E-state index contributed by atoms with van der Waals surface area (Å²) in [6.07, 6.45) is 0. The molecule has 1 aliphatic rings. The zero-order valence-electron chi connectivity index (χ0n) is 12.5.